The van der Waals surface area contributed by atoms with Gasteiger partial charge in [-0.2, -0.15) is 0 Å². The first-order valence-electron chi connectivity index (χ1n) is 11.1. The second-order valence-electron chi connectivity index (χ2n) is 9.11. The molecule has 2 saturated heterocycles. The van der Waals surface area contributed by atoms with Crippen LogP contribution in [-0.2, 0) is 16.0 Å². The van der Waals surface area contributed by atoms with Gasteiger partial charge in [0.15, 0.2) is 5.41 Å². The molecule has 1 spiro atoms. The van der Waals surface area contributed by atoms with Gasteiger partial charge in [-0.1, -0.05) is 17.7 Å². The standard InChI is InChI=1S/C24H24N4O5/c1-14-6-8-18(15(2)11-14)27-22(30)24(21(29)25-23(27)31)13-16-12-17(28(32)33)7-9-19(16)26-10-4-3-5-20(24)26/h6-9,11-12,20H,3-5,10,13H2,1-2H3,(H,25,29,31)/t20-,24+/m1/s1. The molecule has 0 bridgehead atoms. The summed E-state index contributed by atoms with van der Waals surface area (Å²) < 4.78 is 0. The van der Waals surface area contributed by atoms with E-state index in [1.165, 1.54) is 12.1 Å². The van der Waals surface area contributed by atoms with Gasteiger partial charge in [0, 0.05) is 30.8 Å². The maximum absolute atomic E-state index is 14.1. The number of imide groups is 2. The Morgan fingerprint density at radius 3 is 2.55 bits per heavy atom. The lowest BCUT2D eigenvalue weighted by Crippen LogP contribution is -2.73. The zero-order valence-electron chi connectivity index (χ0n) is 18.5. The van der Waals surface area contributed by atoms with Gasteiger partial charge >= 0.3 is 6.03 Å². The van der Waals surface area contributed by atoms with E-state index in [-0.39, 0.29) is 12.1 Å². The average Bonchev–Trinajstić information content (AvgIpc) is 2.78. The number of nitro benzene ring substituents is 1. The Morgan fingerprint density at radius 2 is 1.82 bits per heavy atom. The molecule has 0 unspecified atom stereocenters. The molecule has 2 aromatic rings. The van der Waals surface area contributed by atoms with Crippen molar-refractivity contribution in [3.05, 3.63) is 63.2 Å². The number of piperidine rings is 1. The molecule has 4 amide bonds. The number of anilines is 2. The third-order valence-corrected chi connectivity index (χ3v) is 7.13. The number of benzene rings is 2. The number of hydrogen-bond acceptors (Lipinski definition) is 6. The summed E-state index contributed by atoms with van der Waals surface area (Å²) in [6, 6.07) is 8.81. The third-order valence-electron chi connectivity index (χ3n) is 7.13. The number of nitrogens with one attached hydrogen (secondary N) is 1. The minimum absolute atomic E-state index is 0.00450. The SMILES string of the molecule is Cc1ccc(N2C(=O)NC(=O)[C@@]3(Cc4cc([N+](=O)[O-])ccc4N4CCCC[C@@H]43)C2=O)c(C)c1. The van der Waals surface area contributed by atoms with Gasteiger partial charge < -0.3 is 4.90 Å². The van der Waals surface area contributed by atoms with Crippen molar-refractivity contribution < 1.29 is 19.3 Å². The highest BCUT2D eigenvalue weighted by Gasteiger charge is 2.62. The van der Waals surface area contributed by atoms with Gasteiger partial charge in [-0.25, -0.2) is 9.69 Å². The highest BCUT2D eigenvalue weighted by atomic mass is 16.6. The van der Waals surface area contributed by atoms with Crippen molar-refractivity contribution in [3.8, 4) is 0 Å². The van der Waals surface area contributed by atoms with Crippen molar-refractivity contribution in [2.75, 3.05) is 16.3 Å². The van der Waals surface area contributed by atoms with E-state index in [0.717, 1.165) is 34.6 Å². The number of fused-ring (bicyclic) bond motifs is 4. The lowest BCUT2D eigenvalue weighted by molar-refractivity contribution is -0.384. The fraction of sp³-hybridized carbons (Fsp3) is 0.375. The molecule has 5 rings (SSSR count). The molecule has 9 nitrogen and oxygen atoms in total. The van der Waals surface area contributed by atoms with Crippen LogP contribution < -0.4 is 15.1 Å². The molecule has 0 aromatic heterocycles. The molecule has 3 aliphatic heterocycles. The van der Waals surface area contributed by atoms with Crippen LogP contribution in [0.15, 0.2) is 36.4 Å². The number of aryl methyl sites for hydroxylation is 2. The molecule has 2 aromatic carbocycles. The predicted molar refractivity (Wildman–Crippen MR) is 121 cm³/mol. The van der Waals surface area contributed by atoms with Crippen LogP contribution >= 0.6 is 0 Å². The normalized spacial score (nSPS) is 24.4. The topological polar surface area (TPSA) is 113 Å². The van der Waals surface area contributed by atoms with E-state index in [0.29, 0.717) is 24.2 Å². The summed E-state index contributed by atoms with van der Waals surface area (Å²) in [5.74, 6) is -1.20. The zero-order chi connectivity index (χ0) is 23.5. The molecule has 9 heteroatoms. The number of amides is 4. The Kier molecular flexibility index (Phi) is 4.73. The number of rotatable bonds is 2. The van der Waals surface area contributed by atoms with E-state index in [1.807, 2.05) is 30.9 Å². The Bertz CT molecular complexity index is 1230. The van der Waals surface area contributed by atoms with Gasteiger partial charge in [-0.15, -0.1) is 0 Å². The lowest BCUT2D eigenvalue weighted by atomic mass is 9.66. The summed E-state index contributed by atoms with van der Waals surface area (Å²) in [6.07, 6.45) is 2.36. The Hall–Kier alpha value is -3.75. The molecule has 170 valence electrons. The number of barbiturate groups is 1. The van der Waals surface area contributed by atoms with Crippen LogP contribution in [0.3, 0.4) is 0 Å². The predicted octanol–water partition coefficient (Wildman–Crippen LogP) is 3.40. The van der Waals surface area contributed by atoms with Crippen LogP contribution in [0.25, 0.3) is 0 Å². The van der Waals surface area contributed by atoms with Crippen LogP contribution in [0.4, 0.5) is 21.9 Å². The average molecular weight is 448 g/mol. The smallest absolute Gasteiger partial charge is 0.335 e. The van der Waals surface area contributed by atoms with E-state index in [4.69, 9.17) is 0 Å². The first kappa shape index (κ1) is 21.1. The molecule has 0 radical (unpaired) electrons. The van der Waals surface area contributed by atoms with Crippen LogP contribution in [-0.4, -0.2) is 35.4 Å². The Labute approximate surface area is 190 Å². The maximum Gasteiger partial charge on any atom is 0.335 e. The number of nitro groups is 1. The molecule has 0 saturated carbocycles. The number of hydrogen-bond donors (Lipinski definition) is 1. The van der Waals surface area contributed by atoms with Gasteiger partial charge in [0.25, 0.3) is 11.6 Å². The summed E-state index contributed by atoms with van der Waals surface area (Å²) in [6.45, 7) is 4.37. The molecule has 2 atom stereocenters. The molecule has 3 aliphatic rings. The summed E-state index contributed by atoms with van der Waals surface area (Å²) in [5, 5.41) is 13.8. The van der Waals surface area contributed by atoms with Crippen molar-refractivity contribution >= 4 is 34.9 Å². The minimum atomic E-state index is -1.55. The molecule has 2 fully saturated rings. The fourth-order valence-electron chi connectivity index (χ4n) is 5.64. The second-order valence-corrected chi connectivity index (χ2v) is 9.11. The number of urea groups is 1. The molecule has 33 heavy (non-hydrogen) atoms. The van der Waals surface area contributed by atoms with Crippen molar-refractivity contribution in [2.45, 2.75) is 45.6 Å². The highest BCUT2D eigenvalue weighted by molar-refractivity contribution is 6.31. The first-order valence-corrected chi connectivity index (χ1v) is 11.1. The highest BCUT2D eigenvalue weighted by Crippen LogP contribution is 2.49. The summed E-state index contributed by atoms with van der Waals surface area (Å²) in [5.41, 5.74) is 1.91. The number of carbonyl (C=O) groups excluding carboxylic acids is 3. The van der Waals surface area contributed by atoms with Gasteiger partial charge in [0.1, 0.15) is 0 Å². The molecule has 3 heterocycles. The number of nitrogens with zero attached hydrogens (tertiary/aromatic N) is 3. The van der Waals surface area contributed by atoms with E-state index in [1.54, 1.807) is 12.1 Å². The van der Waals surface area contributed by atoms with Crippen molar-refractivity contribution in [1.82, 2.24) is 5.32 Å². The van der Waals surface area contributed by atoms with E-state index in [9.17, 15) is 24.5 Å². The lowest BCUT2D eigenvalue weighted by Gasteiger charge is -2.53. The van der Waals surface area contributed by atoms with Gasteiger partial charge in [0.2, 0.25) is 5.91 Å². The summed E-state index contributed by atoms with van der Waals surface area (Å²) in [4.78, 5) is 54.5. The van der Waals surface area contributed by atoms with Gasteiger partial charge in [-0.05, 0) is 56.4 Å². The van der Waals surface area contributed by atoms with Crippen LogP contribution in [0, 0.1) is 29.4 Å². The largest absolute Gasteiger partial charge is 0.367 e. The molecule has 1 N–H and O–H groups in total. The van der Waals surface area contributed by atoms with Gasteiger partial charge in [0.05, 0.1) is 16.7 Å². The molecular weight excluding hydrogens is 424 g/mol. The van der Waals surface area contributed by atoms with Crippen molar-refractivity contribution in [2.24, 2.45) is 5.41 Å². The molecule has 0 aliphatic carbocycles. The van der Waals surface area contributed by atoms with Gasteiger partial charge in [-0.3, -0.25) is 25.0 Å². The van der Waals surface area contributed by atoms with E-state index >= 15 is 0 Å². The van der Waals surface area contributed by atoms with E-state index in [2.05, 4.69) is 5.32 Å². The molecular formula is C24H24N4O5. The first-order chi connectivity index (χ1) is 15.7. The monoisotopic (exact) mass is 448 g/mol. The Morgan fingerprint density at radius 1 is 1.06 bits per heavy atom. The Balaban J connectivity index is 1.68. The number of carbonyl (C=O) groups is 3. The van der Waals surface area contributed by atoms with Crippen LogP contribution in [0.1, 0.15) is 36.0 Å². The van der Waals surface area contributed by atoms with Crippen molar-refractivity contribution in [1.29, 1.82) is 0 Å². The zero-order valence-corrected chi connectivity index (χ0v) is 18.5. The second kappa shape index (κ2) is 7.40. The van der Waals surface area contributed by atoms with Crippen LogP contribution in [0.2, 0.25) is 0 Å². The van der Waals surface area contributed by atoms with Crippen molar-refractivity contribution in [3.63, 3.8) is 0 Å². The quantitative estimate of drug-likeness (QED) is 0.428. The minimum Gasteiger partial charge on any atom is -0.367 e. The third kappa shape index (κ3) is 3.02. The number of non-ortho nitro benzene ring substituents is 1. The van der Waals surface area contributed by atoms with E-state index < -0.39 is 34.2 Å². The fourth-order valence-corrected chi connectivity index (χ4v) is 5.64. The maximum atomic E-state index is 14.1. The summed E-state index contributed by atoms with van der Waals surface area (Å²) in [7, 11) is 0. The summed E-state index contributed by atoms with van der Waals surface area (Å²) >= 11 is 0. The van der Waals surface area contributed by atoms with Crippen LogP contribution in [0.5, 0.6) is 0 Å².